The van der Waals surface area contributed by atoms with Crippen LogP contribution in [0.1, 0.15) is 6.42 Å². The third-order valence-electron chi connectivity index (χ3n) is 4.47. The fourth-order valence-electron chi connectivity index (χ4n) is 3.20. The maximum Gasteiger partial charge on any atom is 0.251 e. The number of hydrogen-bond acceptors (Lipinski definition) is 5. The fourth-order valence-corrected chi connectivity index (χ4v) is 3.56. The number of imide groups is 1. The predicted octanol–water partition coefficient (Wildman–Crippen LogP) is 0.533. The second-order valence-electron chi connectivity index (χ2n) is 5.86. The summed E-state index contributed by atoms with van der Waals surface area (Å²) >= 11 is 2.20. The van der Waals surface area contributed by atoms with Crippen LogP contribution in [0.2, 0.25) is 0 Å². The molecule has 2 aliphatic rings. The Hall–Kier alpha value is -1.03. The van der Waals surface area contributed by atoms with Crippen molar-refractivity contribution in [1.29, 1.82) is 0 Å². The number of benzene rings is 1. The summed E-state index contributed by atoms with van der Waals surface area (Å²) in [5, 5.41) is 8.99. The first-order valence-corrected chi connectivity index (χ1v) is 8.87. The second-order valence-corrected chi connectivity index (χ2v) is 7.11. The van der Waals surface area contributed by atoms with Gasteiger partial charge >= 0.3 is 0 Å². The Morgan fingerprint density at radius 3 is 2.35 bits per heavy atom. The molecule has 2 heterocycles. The van der Waals surface area contributed by atoms with Gasteiger partial charge in [-0.05, 0) is 46.9 Å². The smallest absolute Gasteiger partial charge is 0.251 e. The molecule has 1 atom stereocenters. The van der Waals surface area contributed by atoms with E-state index in [0.29, 0.717) is 12.2 Å². The number of halogens is 1. The lowest BCUT2D eigenvalue weighted by Gasteiger charge is -2.36. The average Bonchev–Trinajstić information content (AvgIpc) is 2.84. The van der Waals surface area contributed by atoms with Crippen LogP contribution in [-0.2, 0) is 9.59 Å². The molecule has 3 rings (SSSR count). The maximum atomic E-state index is 12.7. The van der Waals surface area contributed by atoms with Gasteiger partial charge in [0.05, 0.1) is 24.8 Å². The molecule has 1 aromatic carbocycles. The highest BCUT2D eigenvalue weighted by atomic mass is 127. The minimum absolute atomic E-state index is 0.119. The van der Waals surface area contributed by atoms with Crippen molar-refractivity contribution >= 4 is 40.1 Å². The molecule has 0 saturated carbocycles. The van der Waals surface area contributed by atoms with E-state index in [2.05, 4.69) is 32.4 Å². The number of rotatable bonds is 4. The van der Waals surface area contributed by atoms with Crippen LogP contribution in [0, 0.1) is 3.57 Å². The van der Waals surface area contributed by atoms with E-state index in [1.54, 1.807) is 0 Å². The predicted molar refractivity (Wildman–Crippen MR) is 95.2 cm³/mol. The van der Waals surface area contributed by atoms with Crippen LogP contribution in [0.5, 0.6) is 0 Å². The summed E-state index contributed by atoms with van der Waals surface area (Å²) < 4.78 is 1.07. The Labute approximate surface area is 149 Å². The molecule has 0 radical (unpaired) electrons. The van der Waals surface area contributed by atoms with Crippen molar-refractivity contribution in [3.05, 3.63) is 27.8 Å². The molecule has 0 spiro atoms. The number of amides is 2. The quantitative estimate of drug-likeness (QED) is 0.559. The Morgan fingerprint density at radius 1 is 1.09 bits per heavy atom. The van der Waals surface area contributed by atoms with Crippen molar-refractivity contribution in [3.63, 3.8) is 0 Å². The van der Waals surface area contributed by atoms with E-state index in [1.807, 2.05) is 24.3 Å². The molecule has 2 aliphatic heterocycles. The molecule has 23 heavy (non-hydrogen) atoms. The second kappa shape index (κ2) is 7.25. The first-order chi connectivity index (χ1) is 11.1. The summed E-state index contributed by atoms with van der Waals surface area (Å²) in [7, 11) is 0. The lowest BCUT2D eigenvalue weighted by molar-refractivity contribution is -0.123. The minimum Gasteiger partial charge on any atom is -0.395 e. The largest absolute Gasteiger partial charge is 0.395 e. The summed E-state index contributed by atoms with van der Waals surface area (Å²) in [5.74, 6) is -0.245. The molecule has 0 unspecified atom stereocenters. The monoisotopic (exact) mass is 429 g/mol. The molecule has 2 saturated heterocycles. The van der Waals surface area contributed by atoms with Gasteiger partial charge in [-0.25, -0.2) is 4.90 Å². The highest BCUT2D eigenvalue weighted by Crippen LogP contribution is 2.26. The molecular formula is C16H20IN3O3. The number of aliphatic hydroxyl groups is 1. The van der Waals surface area contributed by atoms with E-state index in [1.165, 1.54) is 4.90 Å². The third kappa shape index (κ3) is 3.57. The number of carbonyl (C=O) groups is 2. The molecule has 2 amide bonds. The van der Waals surface area contributed by atoms with E-state index < -0.39 is 0 Å². The van der Waals surface area contributed by atoms with Gasteiger partial charge in [-0.2, -0.15) is 0 Å². The summed E-state index contributed by atoms with van der Waals surface area (Å²) in [5.41, 5.74) is 0.654. The van der Waals surface area contributed by atoms with Crippen LogP contribution in [0.4, 0.5) is 5.69 Å². The van der Waals surface area contributed by atoms with Gasteiger partial charge in [0.25, 0.3) is 5.91 Å². The number of carbonyl (C=O) groups excluding carboxylic acids is 2. The molecule has 124 valence electrons. The highest BCUT2D eigenvalue weighted by molar-refractivity contribution is 14.1. The molecular weight excluding hydrogens is 409 g/mol. The average molecular weight is 429 g/mol. The number of hydrogen-bond donors (Lipinski definition) is 1. The Balaban J connectivity index is 1.68. The lowest BCUT2D eigenvalue weighted by atomic mass is 10.1. The molecule has 6 nitrogen and oxygen atoms in total. The standard InChI is InChI=1S/C16H20IN3O3/c17-12-1-3-13(4-2-12)20-15(22)11-14(16(20)23)19-7-5-18(6-8-19)9-10-21/h1-4,14,21H,5-11H2/t14-/m1/s1. The molecule has 7 heteroatoms. The maximum absolute atomic E-state index is 12.7. The molecule has 1 N–H and O–H groups in total. The fraction of sp³-hybridized carbons (Fsp3) is 0.500. The zero-order valence-corrected chi connectivity index (χ0v) is 15.0. The van der Waals surface area contributed by atoms with Crippen LogP contribution in [0.3, 0.4) is 0 Å². The topological polar surface area (TPSA) is 64.1 Å². The van der Waals surface area contributed by atoms with Crippen LogP contribution < -0.4 is 4.90 Å². The van der Waals surface area contributed by atoms with Crippen molar-refractivity contribution in [3.8, 4) is 0 Å². The minimum atomic E-state index is -0.349. The van der Waals surface area contributed by atoms with Gasteiger partial charge < -0.3 is 5.11 Å². The summed E-state index contributed by atoms with van der Waals surface area (Å²) in [6, 6.07) is 7.09. The number of anilines is 1. The van der Waals surface area contributed by atoms with Crippen molar-refractivity contribution in [2.75, 3.05) is 44.2 Å². The van der Waals surface area contributed by atoms with Crippen molar-refractivity contribution < 1.29 is 14.7 Å². The van der Waals surface area contributed by atoms with E-state index >= 15 is 0 Å². The Kier molecular flexibility index (Phi) is 5.30. The van der Waals surface area contributed by atoms with Crippen molar-refractivity contribution in [1.82, 2.24) is 9.80 Å². The summed E-state index contributed by atoms with van der Waals surface area (Å²) in [6.07, 6.45) is 0.255. The van der Waals surface area contributed by atoms with E-state index in [0.717, 1.165) is 29.7 Å². The Morgan fingerprint density at radius 2 is 1.74 bits per heavy atom. The SMILES string of the molecule is O=C1C[C@@H](N2CCN(CCO)CC2)C(=O)N1c1ccc(I)cc1. The molecule has 0 aliphatic carbocycles. The van der Waals surface area contributed by atoms with Crippen molar-refractivity contribution in [2.24, 2.45) is 0 Å². The van der Waals surface area contributed by atoms with Gasteiger partial charge in [-0.1, -0.05) is 0 Å². The Bertz CT molecular complexity index is 585. The number of aliphatic hydroxyl groups excluding tert-OH is 1. The zero-order valence-electron chi connectivity index (χ0n) is 12.8. The van der Waals surface area contributed by atoms with E-state index in [9.17, 15) is 9.59 Å². The van der Waals surface area contributed by atoms with E-state index in [4.69, 9.17) is 5.11 Å². The summed E-state index contributed by atoms with van der Waals surface area (Å²) in [4.78, 5) is 30.6. The number of β-amino-alcohol motifs (C(OH)–C–C–N with tert-alkyl or cyclic N) is 1. The van der Waals surface area contributed by atoms with Gasteiger partial charge in [0.2, 0.25) is 5.91 Å². The number of piperazine rings is 1. The third-order valence-corrected chi connectivity index (χ3v) is 5.19. The lowest BCUT2D eigenvalue weighted by Crippen LogP contribution is -2.52. The summed E-state index contributed by atoms with van der Waals surface area (Å²) in [6.45, 7) is 3.97. The van der Waals surface area contributed by atoms with Crippen LogP contribution >= 0.6 is 22.6 Å². The van der Waals surface area contributed by atoms with Gasteiger partial charge in [-0.3, -0.25) is 19.4 Å². The number of nitrogens with zero attached hydrogens (tertiary/aromatic N) is 3. The van der Waals surface area contributed by atoms with Gasteiger partial charge in [0.15, 0.2) is 0 Å². The van der Waals surface area contributed by atoms with E-state index in [-0.39, 0.29) is 30.9 Å². The van der Waals surface area contributed by atoms with Gasteiger partial charge in [0, 0.05) is 36.3 Å². The normalized spacial score (nSPS) is 23.7. The molecule has 2 fully saturated rings. The molecule has 0 aromatic heterocycles. The van der Waals surface area contributed by atoms with Crippen LogP contribution in [0.25, 0.3) is 0 Å². The van der Waals surface area contributed by atoms with Crippen molar-refractivity contribution in [2.45, 2.75) is 12.5 Å². The molecule has 0 bridgehead atoms. The van der Waals surface area contributed by atoms with Crippen LogP contribution in [-0.4, -0.2) is 72.1 Å². The van der Waals surface area contributed by atoms with Gasteiger partial charge in [-0.15, -0.1) is 0 Å². The van der Waals surface area contributed by atoms with Gasteiger partial charge in [0.1, 0.15) is 0 Å². The highest BCUT2D eigenvalue weighted by Gasteiger charge is 2.43. The first-order valence-electron chi connectivity index (χ1n) is 7.80. The molecule has 1 aromatic rings. The first kappa shape index (κ1) is 16.8. The van der Waals surface area contributed by atoms with Crippen LogP contribution in [0.15, 0.2) is 24.3 Å². The zero-order chi connectivity index (χ0) is 16.4.